The molecule has 0 spiro atoms. The molecule has 1 aliphatic heterocycles. The van der Waals surface area contributed by atoms with Crippen LogP contribution in [0.25, 0.3) is 0 Å². The number of carbonyl (C=O) groups excluding carboxylic acids is 1. The first-order valence-corrected chi connectivity index (χ1v) is 7.93. The Balaban J connectivity index is 1.80. The summed E-state index contributed by atoms with van der Waals surface area (Å²) in [5.41, 5.74) is 0. The SMILES string of the molecule is CNC1CCN(C(=O)CSc2cccc(OC)c2)CC1. The minimum atomic E-state index is 0.229. The van der Waals surface area contributed by atoms with Crippen LogP contribution >= 0.6 is 11.8 Å². The summed E-state index contributed by atoms with van der Waals surface area (Å²) in [6.45, 7) is 1.73. The smallest absolute Gasteiger partial charge is 0.232 e. The summed E-state index contributed by atoms with van der Waals surface area (Å²) >= 11 is 1.57. The molecule has 1 amide bonds. The second-order valence-electron chi connectivity index (χ2n) is 4.91. The summed E-state index contributed by atoms with van der Waals surface area (Å²) in [4.78, 5) is 15.2. The number of nitrogens with zero attached hydrogens (tertiary/aromatic N) is 1. The molecule has 5 heteroatoms. The van der Waals surface area contributed by atoms with Crippen LogP contribution in [0.2, 0.25) is 0 Å². The summed E-state index contributed by atoms with van der Waals surface area (Å²) in [5.74, 6) is 1.56. The van der Waals surface area contributed by atoms with Gasteiger partial charge in [-0.15, -0.1) is 11.8 Å². The largest absolute Gasteiger partial charge is 0.497 e. The Bertz CT molecular complexity index is 445. The van der Waals surface area contributed by atoms with Crippen molar-refractivity contribution in [3.8, 4) is 5.75 Å². The average molecular weight is 294 g/mol. The lowest BCUT2D eigenvalue weighted by atomic mass is 10.1. The Labute approximate surface area is 124 Å². The van der Waals surface area contributed by atoms with Crippen molar-refractivity contribution in [1.29, 1.82) is 0 Å². The lowest BCUT2D eigenvalue weighted by molar-refractivity contribution is -0.129. The molecule has 0 bridgehead atoms. The number of hydrogen-bond acceptors (Lipinski definition) is 4. The third-order valence-electron chi connectivity index (χ3n) is 3.66. The Morgan fingerprint density at radius 1 is 1.45 bits per heavy atom. The third-order valence-corrected chi connectivity index (χ3v) is 4.64. The molecule has 0 atom stereocenters. The summed E-state index contributed by atoms with van der Waals surface area (Å²) in [7, 11) is 3.64. The Morgan fingerprint density at radius 3 is 2.85 bits per heavy atom. The number of nitrogens with one attached hydrogen (secondary N) is 1. The minimum absolute atomic E-state index is 0.229. The fourth-order valence-corrected chi connectivity index (χ4v) is 3.19. The molecule has 1 saturated heterocycles. The van der Waals surface area contributed by atoms with Gasteiger partial charge in [0, 0.05) is 24.0 Å². The number of piperidine rings is 1. The van der Waals surface area contributed by atoms with Gasteiger partial charge in [-0.1, -0.05) is 6.07 Å². The molecule has 0 aromatic heterocycles. The molecular weight excluding hydrogens is 272 g/mol. The van der Waals surface area contributed by atoms with E-state index in [2.05, 4.69) is 5.32 Å². The number of hydrogen-bond donors (Lipinski definition) is 1. The molecular formula is C15H22N2O2S. The molecule has 1 heterocycles. The number of thioether (sulfide) groups is 1. The fourth-order valence-electron chi connectivity index (χ4n) is 2.34. The van der Waals surface area contributed by atoms with E-state index in [0.29, 0.717) is 11.8 Å². The van der Waals surface area contributed by atoms with Crippen LogP contribution in [-0.4, -0.2) is 49.8 Å². The normalized spacial score (nSPS) is 16.2. The number of amides is 1. The van der Waals surface area contributed by atoms with E-state index in [1.54, 1.807) is 18.9 Å². The third kappa shape index (κ3) is 4.15. The van der Waals surface area contributed by atoms with Crippen molar-refractivity contribution in [3.05, 3.63) is 24.3 Å². The summed E-state index contributed by atoms with van der Waals surface area (Å²) in [5, 5.41) is 3.28. The van der Waals surface area contributed by atoms with E-state index in [1.807, 2.05) is 36.2 Å². The monoisotopic (exact) mass is 294 g/mol. The lowest BCUT2D eigenvalue weighted by Crippen LogP contribution is -2.44. The van der Waals surface area contributed by atoms with E-state index in [9.17, 15) is 4.79 Å². The zero-order valence-electron chi connectivity index (χ0n) is 12.1. The quantitative estimate of drug-likeness (QED) is 0.843. The van der Waals surface area contributed by atoms with Crippen LogP contribution in [0.1, 0.15) is 12.8 Å². The van der Waals surface area contributed by atoms with Gasteiger partial charge in [0.05, 0.1) is 12.9 Å². The Morgan fingerprint density at radius 2 is 2.20 bits per heavy atom. The molecule has 2 rings (SSSR count). The van der Waals surface area contributed by atoms with Crippen LogP contribution < -0.4 is 10.1 Å². The topological polar surface area (TPSA) is 41.6 Å². The van der Waals surface area contributed by atoms with Crippen molar-refractivity contribution in [1.82, 2.24) is 10.2 Å². The highest BCUT2D eigenvalue weighted by Crippen LogP contribution is 2.23. The first-order chi connectivity index (χ1) is 9.72. The van der Waals surface area contributed by atoms with Crippen LogP contribution in [0.4, 0.5) is 0 Å². The van der Waals surface area contributed by atoms with Gasteiger partial charge in [0.15, 0.2) is 0 Å². The highest BCUT2D eigenvalue weighted by atomic mass is 32.2. The molecule has 110 valence electrons. The second kappa shape index (κ2) is 7.55. The minimum Gasteiger partial charge on any atom is -0.497 e. The van der Waals surface area contributed by atoms with Crippen molar-refractivity contribution < 1.29 is 9.53 Å². The van der Waals surface area contributed by atoms with Crippen LogP contribution in [-0.2, 0) is 4.79 Å². The molecule has 0 radical (unpaired) electrons. The first-order valence-electron chi connectivity index (χ1n) is 6.95. The molecule has 1 N–H and O–H groups in total. The van der Waals surface area contributed by atoms with Crippen molar-refractivity contribution >= 4 is 17.7 Å². The van der Waals surface area contributed by atoms with Crippen LogP contribution in [0, 0.1) is 0 Å². The predicted molar refractivity (Wildman–Crippen MR) is 82.4 cm³/mol. The molecule has 0 unspecified atom stereocenters. The number of rotatable bonds is 5. The van der Waals surface area contributed by atoms with E-state index in [-0.39, 0.29) is 5.91 Å². The van der Waals surface area contributed by atoms with E-state index < -0.39 is 0 Å². The van der Waals surface area contributed by atoms with Crippen molar-refractivity contribution in [2.75, 3.05) is 33.0 Å². The van der Waals surface area contributed by atoms with Gasteiger partial charge in [0.1, 0.15) is 5.75 Å². The second-order valence-corrected chi connectivity index (χ2v) is 5.96. The maximum Gasteiger partial charge on any atom is 0.232 e. The number of methoxy groups -OCH3 is 1. The molecule has 0 aliphatic carbocycles. The molecule has 4 nitrogen and oxygen atoms in total. The van der Waals surface area contributed by atoms with Crippen molar-refractivity contribution in [2.24, 2.45) is 0 Å². The van der Waals surface area contributed by atoms with Crippen molar-refractivity contribution in [2.45, 2.75) is 23.8 Å². The number of carbonyl (C=O) groups is 1. The number of benzene rings is 1. The first kappa shape index (κ1) is 15.2. The van der Waals surface area contributed by atoms with Gasteiger partial charge in [0.2, 0.25) is 5.91 Å². The van der Waals surface area contributed by atoms with Gasteiger partial charge >= 0.3 is 0 Å². The Kier molecular flexibility index (Phi) is 5.73. The summed E-state index contributed by atoms with van der Waals surface area (Å²) < 4.78 is 5.19. The zero-order chi connectivity index (χ0) is 14.4. The number of ether oxygens (including phenoxy) is 1. The van der Waals surface area contributed by atoms with Gasteiger partial charge in [-0.3, -0.25) is 4.79 Å². The molecule has 1 aliphatic rings. The lowest BCUT2D eigenvalue weighted by Gasteiger charge is -2.31. The molecule has 1 aromatic rings. The molecule has 0 saturated carbocycles. The van der Waals surface area contributed by atoms with Crippen LogP contribution in [0.5, 0.6) is 5.75 Å². The zero-order valence-corrected chi connectivity index (χ0v) is 12.9. The van der Waals surface area contributed by atoms with E-state index in [0.717, 1.165) is 36.6 Å². The van der Waals surface area contributed by atoms with E-state index >= 15 is 0 Å². The van der Waals surface area contributed by atoms with E-state index in [1.165, 1.54) is 0 Å². The van der Waals surface area contributed by atoms with Gasteiger partial charge < -0.3 is 15.0 Å². The maximum atomic E-state index is 12.2. The van der Waals surface area contributed by atoms with Crippen LogP contribution in [0.15, 0.2) is 29.2 Å². The standard InChI is InChI=1S/C15H22N2O2S/c1-16-12-6-8-17(9-7-12)15(18)11-20-14-5-3-4-13(10-14)19-2/h3-5,10,12,16H,6-9,11H2,1-2H3. The average Bonchev–Trinajstić information content (AvgIpc) is 2.53. The summed E-state index contributed by atoms with van der Waals surface area (Å²) in [6, 6.07) is 8.39. The summed E-state index contributed by atoms with van der Waals surface area (Å²) in [6.07, 6.45) is 2.10. The van der Waals surface area contributed by atoms with Gasteiger partial charge in [0.25, 0.3) is 0 Å². The highest BCUT2D eigenvalue weighted by Gasteiger charge is 2.21. The molecule has 1 fully saturated rings. The van der Waals surface area contributed by atoms with E-state index in [4.69, 9.17) is 4.74 Å². The van der Waals surface area contributed by atoms with Gasteiger partial charge in [-0.2, -0.15) is 0 Å². The van der Waals surface area contributed by atoms with Gasteiger partial charge in [-0.05, 0) is 38.1 Å². The fraction of sp³-hybridized carbons (Fsp3) is 0.533. The van der Waals surface area contributed by atoms with Gasteiger partial charge in [-0.25, -0.2) is 0 Å². The highest BCUT2D eigenvalue weighted by molar-refractivity contribution is 8.00. The predicted octanol–water partition coefficient (Wildman–Crippen LogP) is 2.00. The Hall–Kier alpha value is -1.20. The van der Waals surface area contributed by atoms with Crippen LogP contribution in [0.3, 0.4) is 0 Å². The van der Waals surface area contributed by atoms with Crippen molar-refractivity contribution in [3.63, 3.8) is 0 Å². The maximum absolute atomic E-state index is 12.2. The molecule has 1 aromatic carbocycles. The number of likely N-dealkylation sites (tertiary alicyclic amines) is 1. The molecule has 20 heavy (non-hydrogen) atoms.